The van der Waals surface area contributed by atoms with Crippen molar-refractivity contribution in [3.8, 4) is 0 Å². The zero-order valence-electron chi connectivity index (χ0n) is 11.7. The van der Waals surface area contributed by atoms with Crippen LogP contribution >= 0.6 is 0 Å². The lowest BCUT2D eigenvalue weighted by atomic mass is 10.1. The summed E-state index contributed by atoms with van der Waals surface area (Å²) in [4.78, 5) is 45.7. The molecule has 10 heteroatoms. The summed E-state index contributed by atoms with van der Waals surface area (Å²) in [5.41, 5.74) is 4.31. The maximum absolute atomic E-state index is 12.0. The number of benzene rings is 1. The molecule has 10 nitrogen and oxygen atoms in total. The highest BCUT2D eigenvalue weighted by Gasteiger charge is 2.31. The number of carbonyl (C=O) groups is 3. The highest BCUT2D eigenvalue weighted by Crippen LogP contribution is 2.25. The first-order chi connectivity index (χ1) is 10.8. The first-order valence-electron chi connectivity index (χ1n) is 6.38. The zero-order chi connectivity index (χ0) is 17.1. The number of nitro benzene ring substituents is 1. The van der Waals surface area contributed by atoms with Crippen LogP contribution < -0.4 is 11.1 Å². The average molecular weight is 320 g/mol. The molecule has 1 heterocycles. The van der Waals surface area contributed by atoms with Gasteiger partial charge in [0.25, 0.3) is 23.4 Å². The topological polar surface area (TPSA) is 156 Å². The van der Waals surface area contributed by atoms with Gasteiger partial charge >= 0.3 is 0 Å². The summed E-state index contributed by atoms with van der Waals surface area (Å²) in [7, 11) is 0. The van der Waals surface area contributed by atoms with Gasteiger partial charge in [-0.25, -0.2) is 0 Å². The minimum atomic E-state index is -0.955. The number of β-amino-alcohol motifs (C(OH)–C–C–N with tert-alkyl or cyclic N) is 1. The quantitative estimate of drug-likeness (QED) is 0.357. The van der Waals surface area contributed by atoms with E-state index in [1.54, 1.807) is 0 Å². The number of aliphatic hydroxyl groups excluding tert-OH is 1. The first kappa shape index (κ1) is 16.1. The molecule has 0 saturated heterocycles. The molecule has 0 fully saturated rings. The number of carbonyl (C=O) groups excluding carboxylic acids is 3. The molecule has 0 spiro atoms. The molecule has 0 bridgehead atoms. The van der Waals surface area contributed by atoms with Gasteiger partial charge in [0.2, 0.25) is 0 Å². The highest BCUT2D eigenvalue weighted by atomic mass is 16.6. The van der Waals surface area contributed by atoms with Crippen LogP contribution in [0.3, 0.4) is 0 Å². The molecule has 1 aliphatic rings. The third kappa shape index (κ3) is 3.16. The Labute approximate surface area is 129 Å². The van der Waals surface area contributed by atoms with Crippen LogP contribution in [0.2, 0.25) is 0 Å². The van der Waals surface area contributed by atoms with E-state index in [1.807, 2.05) is 0 Å². The summed E-state index contributed by atoms with van der Waals surface area (Å²) >= 11 is 0. The van der Waals surface area contributed by atoms with E-state index in [9.17, 15) is 24.5 Å². The van der Waals surface area contributed by atoms with Crippen LogP contribution in [-0.4, -0.2) is 45.8 Å². The number of anilines is 1. The molecule has 23 heavy (non-hydrogen) atoms. The molecule has 4 N–H and O–H groups in total. The van der Waals surface area contributed by atoms with E-state index in [0.717, 1.165) is 23.1 Å². The number of nitro groups is 1. The Bertz CT molecular complexity index is 742. The molecule has 2 rings (SSSR count). The minimum absolute atomic E-state index is 0.0930. The van der Waals surface area contributed by atoms with Crippen molar-refractivity contribution in [2.45, 2.75) is 0 Å². The first-order valence-corrected chi connectivity index (χ1v) is 6.38. The van der Waals surface area contributed by atoms with Gasteiger partial charge in [-0.2, -0.15) is 0 Å². The van der Waals surface area contributed by atoms with Gasteiger partial charge in [0.05, 0.1) is 18.1 Å². The lowest BCUT2D eigenvalue weighted by Crippen LogP contribution is -2.34. The van der Waals surface area contributed by atoms with E-state index in [4.69, 9.17) is 10.8 Å². The Hall–Kier alpha value is -3.27. The van der Waals surface area contributed by atoms with Crippen LogP contribution in [0.5, 0.6) is 0 Å². The fraction of sp³-hybridized carbons (Fsp3) is 0.154. The number of imide groups is 1. The molecule has 0 unspecified atom stereocenters. The molecule has 1 aromatic rings. The Kier molecular flexibility index (Phi) is 4.37. The average Bonchev–Trinajstić information content (AvgIpc) is 2.75. The van der Waals surface area contributed by atoms with Crippen molar-refractivity contribution >= 4 is 29.1 Å². The van der Waals surface area contributed by atoms with Crippen molar-refractivity contribution < 1.29 is 24.4 Å². The van der Waals surface area contributed by atoms with Crippen molar-refractivity contribution in [2.24, 2.45) is 5.73 Å². The molecule has 0 atom stereocenters. The number of aliphatic hydroxyl groups is 1. The third-order valence-electron chi connectivity index (χ3n) is 3.07. The molecule has 1 aromatic carbocycles. The Morgan fingerprint density at radius 1 is 1.39 bits per heavy atom. The summed E-state index contributed by atoms with van der Waals surface area (Å²) in [6, 6.07) is 3.50. The van der Waals surface area contributed by atoms with E-state index in [-0.39, 0.29) is 30.1 Å². The number of nitrogens with one attached hydrogen (secondary N) is 1. The number of rotatable bonds is 6. The Balaban J connectivity index is 2.28. The predicted octanol–water partition coefficient (Wildman–Crippen LogP) is -0.649. The van der Waals surface area contributed by atoms with E-state index < -0.39 is 28.3 Å². The van der Waals surface area contributed by atoms with Gasteiger partial charge in [0.1, 0.15) is 11.3 Å². The van der Waals surface area contributed by atoms with Gasteiger partial charge in [-0.05, 0) is 12.1 Å². The third-order valence-corrected chi connectivity index (χ3v) is 3.07. The lowest BCUT2D eigenvalue weighted by molar-refractivity contribution is -0.385. The molecular weight excluding hydrogens is 308 g/mol. The molecule has 0 aliphatic carbocycles. The normalized spacial score (nSPS) is 14.0. The minimum Gasteiger partial charge on any atom is -0.395 e. The van der Waals surface area contributed by atoms with Crippen LogP contribution in [0, 0.1) is 10.1 Å². The number of amides is 3. The molecule has 120 valence electrons. The van der Waals surface area contributed by atoms with Gasteiger partial charge in [0, 0.05) is 17.8 Å². The maximum Gasteiger partial charge on any atom is 0.284 e. The van der Waals surface area contributed by atoms with Crippen LogP contribution in [0.1, 0.15) is 10.4 Å². The predicted molar refractivity (Wildman–Crippen MR) is 77.1 cm³/mol. The largest absolute Gasteiger partial charge is 0.395 e. The van der Waals surface area contributed by atoms with Crippen LogP contribution in [0.4, 0.5) is 11.4 Å². The van der Waals surface area contributed by atoms with Gasteiger partial charge in [0.15, 0.2) is 0 Å². The second-order valence-electron chi connectivity index (χ2n) is 4.55. The van der Waals surface area contributed by atoms with Crippen molar-refractivity contribution in [3.05, 3.63) is 45.6 Å². The van der Waals surface area contributed by atoms with Crippen LogP contribution in [0.25, 0.3) is 0 Å². The van der Waals surface area contributed by atoms with Gasteiger partial charge in [-0.1, -0.05) is 0 Å². The fourth-order valence-corrected chi connectivity index (χ4v) is 2.03. The highest BCUT2D eigenvalue weighted by molar-refractivity contribution is 6.17. The van der Waals surface area contributed by atoms with Gasteiger partial charge < -0.3 is 16.2 Å². The van der Waals surface area contributed by atoms with Crippen LogP contribution in [0.15, 0.2) is 30.0 Å². The summed E-state index contributed by atoms with van der Waals surface area (Å²) in [5, 5.41) is 22.4. The van der Waals surface area contributed by atoms with Gasteiger partial charge in [-0.3, -0.25) is 29.4 Å². The lowest BCUT2D eigenvalue weighted by Gasteiger charge is -2.13. The van der Waals surface area contributed by atoms with Crippen molar-refractivity contribution in [2.75, 3.05) is 18.5 Å². The number of primary amides is 1. The number of hydrogen-bond acceptors (Lipinski definition) is 7. The maximum atomic E-state index is 12.0. The van der Waals surface area contributed by atoms with E-state index in [2.05, 4.69) is 5.32 Å². The summed E-state index contributed by atoms with van der Waals surface area (Å²) in [6.45, 7) is -0.530. The van der Waals surface area contributed by atoms with Crippen LogP contribution in [-0.2, 0) is 9.59 Å². The second kappa shape index (κ2) is 6.23. The second-order valence-corrected chi connectivity index (χ2v) is 4.55. The smallest absolute Gasteiger partial charge is 0.284 e. The molecule has 0 aromatic heterocycles. The Morgan fingerprint density at radius 2 is 2.09 bits per heavy atom. The van der Waals surface area contributed by atoms with Gasteiger partial charge in [-0.15, -0.1) is 0 Å². The summed E-state index contributed by atoms with van der Waals surface area (Å²) in [5.74, 6) is -2.22. The molecule has 3 amide bonds. The van der Waals surface area contributed by atoms with Crippen molar-refractivity contribution in [1.82, 2.24) is 4.90 Å². The van der Waals surface area contributed by atoms with Crippen molar-refractivity contribution in [3.63, 3.8) is 0 Å². The van der Waals surface area contributed by atoms with E-state index in [0.29, 0.717) is 0 Å². The monoisotopic (exact) mass is 320 g/mol. The Morgan fingerprint density at radius 3 is 2.65 bits per heavy atom. The zero-order valence-corrected chi connectivity index (χ0v) is 11.7. The summed E-state index contributed by atoms with van der Waals surface area (Å²) < 4.78 is 0. The van der Waals surface area contributed by atoms with Crippen molar-refractivity contribution in [1.29, 1.82) is 0 Å². The SMILES string of the molecule is NC(=O)c1ccc(NC2=CC(=O)N(CCO)C2=O)cc1[N+](=O)[O-]. The molecule has 1 aliphatic heterocycles. The fourth-order valence-electron chi connectivity index (χ4n) is 2.03. The number of hydrogen-bond donors (Lipinski definition) is 3. The standard InChI is InChI=1S/C13H12N4O6/c14-12(20)8-2-1-7(5-10(8)17(22)23)15-9-6-11(19)16(3-4-18)13(9)21/h1-2,5-6,15,18H,3-4H2,(H2,14,20). The number of nitrogens with two attached hydrogens (primary N) is 1. The van der Waals surface area contributed by atoms with E-state index >= 15 is 0 Å². The molecular formula is C13H12N4O6. The summed E-state index contributed by atoms with van der Waals surface area (Å²) in [6.07, 6.45) is 1.02. The molecule has 0 radical (unpaired) electrons. The number of nitrogens with zero attached hydrogens (tertiary/aromatic N) is 2. The van der Waals surface area contributed by atoms with E-state index in [1.165, 1.54) is 6.07 Å². The molecule has 0 saturated carbocycles.